The third-order valence-corrected chi connectivity index (χ3v) is 5.17. The smallest absolute Gasteiger partial charge is 0.262 e. The maximum Gasteiger partial charge on any atom is 0.262 e. The second kappa shape index (κ2) is 9.94. The molecule has 1 amide bonds. The summed E-state index contributed by atoms with van der Waals surface area (Å²) < 4.78 is 5.58. The Bertz CT molecular complexity index is 664. The number of methoxy groups -OCH3 is 1. The van der Waals surface area contributed by atoms with Gasteiger partial charge in [0, 0.05) is 20.2 Å². The minimum Gasteiger partial charge on any atom is -0.384 e. The number of nitrogens with zero attached hydrogens (tertiary/aromatic N) is 1. The number of nitrogens with one attached hydrogen (secondary N) is 2. The molecule has 2 unspecified atom stereocenters. The Morgan fingerprint density at radius 2 is 2.23 bits per heavy atom. The summed E-state index contributed by atoms with van der Waals surface area (Å²) in [7, 11) is 1.65. The number of nitrogen functional groups attached to an aromatic ring is 1. The second-order valence-electron chi connectivity index (χ2n) is 6.78. The summed E-state index contributed by atoms with van der Waals surface area (Å²) in [5.74, 6) is -0.407. The number of ether oxygens (including phenoxy) is 1. The molecule has 7 nitrogen and oxygen atoms in total. The van der Waals surface area contributed by atoms with Crippen molar-refractivity contribution in [1.29, 1.82) is 0 Å². The number of unbranched alkanes of at least 4 members (excludes halogenated alkanes) is 3. The molecule has 0 radical (unpaired) electrons. The molecule has 1 fully saturated rings. The van der Waals surface area contributed by atoms with Crippen LogP contribution >= 0.6 is 11.6 Å². The molecule has 146 valence electrons. The number of aromatic amines is 1. The number of halogens is 1. The molecule has 1 aromatic heterocycles. The molecule has 0 spiro atoms. The van der Waals surface area contributed by atoms with E-state index in [0.717, 1.165) is 26.1 Å². The molecule has 2 atom stereocenters. The first-order valence-corrected chi connectivity index (χ1v) is 9.58. The first-order valence-electron chi connectivity index (χ1n) is 9.20. The molecule has 2 rings (SSSR count). The molecule has 0 aliphatic carbocycles. The minimum atomic E-state index is -0.549. The van der Waals surface area contributed by atoms with E-state index in [0.29, 0.717) is 0 Å². The van der Waals surface area contributed by atoms with Crippen LogP contribution in [0.5, 0.6) is 0 Å². The van der Waals surface area contributed by atoms with Crippen molar-refractivity contribution in [3.05, 3.63) is 27.0 Å². The summed E-state index contributed by atoms with van der Waals surface area (Å²) in [5.41, 5.74) is 4.96. The van der Waals surface area contributed by atoms with Gasteiger partial charge in [-0.1, -0.05) is 37.8 Å². The van der Waals surface area contributed by atoms with Gasteiger partial charge < -0.3 is 25.7 Å². The summed E-state index contributed by atoms with van der Waals surface area (Å²) >= 11 is 5.91. The van der Waals surface area contributed by atoms with E-state index < -0.39 is 11.5 Å². The number of amides is 1. The fraction of sp³-hybridized carbons (Fsp3) is 0.667. The van der Waals surface area contributed by atoms with E-state index in [1.54, 1.807) is 7.11 Å². The monoisotopic (exact) mass is 384 g/mol. The highest BCUT2D eigenvalue weighted by Crippen LogP contribution is 2.17. The number of anilines is 1. The third kappa shape index (κ3) is 5.46. The number of carbonyl (C=O) groups is 1. The number of carbonyl (C=O) groups excluding carboxylic acids is 1. The summed E-state index contributed by atoms with van der Waals surface area (Å²) in [5, 5.41) is 3.06. The van der Waals surface area contributed by atoms with Gasteiger partial charge in [0.2, 0.25) is 0 Å². The zero-order valence-corrected chi connectivity index (χ0v) is 16.3. The molecule has 1 aliphatic heterocycles. The first kappa shape index (κ1) is 20.7. The molecular weight excluding hydrogens is 356 g/mol. The van der Waals surface area contributed by atoms with Gasteiger partial charge in [-0.05, 0) is 25.5 Å². The summed E-state index contributed by atoms with van der Waals surface area (Å²) in [6.07, 6.45) is 5.58. The number of rotatable bonds is 8. The number of H-pyrrole nitrogens is 1. The van der Waals surface area contributed by atoms with Crippen molar-refractivity contribution < 1.29 is 9.53 Å². The Hall–Kier alpha value is -1.57. The number of hydrogen-bond donors (Lipinski definition) is 3. The van der Waals surface area contributed by atoms with Crippen molar-refractivity contribution in [2.24, 2.45) is 0 Å². The number of hydrogen-bond acceptors (Lipinski definition) is 5. The molecule has 1 aromatic rings. The van der Waals surface area contributed by atoms with Crippen LogP contribution < -0.4 is 16.6 Å². The SMILES string of the molecule is CCCCCCN1CCC(NC(=O)c2cc(Cl)c(N)[nH]c2=O)C(OC)C1. The standard InChI is InChI=1S/C18H29ClN4O3/c1-3-4-5-6-8-23-9-7-14(15(11-23)26-2)21-17(24)12-10-13(19)16(20)22-18(12)25/h10,14-15H,3-9,11H2,1-2H3,(H,21,24)(H3,20,22,25). The van der Waals surface area contributed by atoms with Gasteiger partial charge in [0.15, 0.2) is 0 Å². The fourth-order valence-corrected chi connectivity index (χ4v) is 3.44. The molecule has 0 bridgehead atoms. The lowest BCUT2D eigenvalue weighted by Gasteiger charge is -2.38. The van der Waals surface area contributed by atoms with Gasteiger partial charge >= 0.3 is 0 Å². The first-order chi connectivity index (χ1) is 12.5. The Labute approximate surface area is 159 Å². The molecule has 4 N–H and O–H groups in total. The van der Waals surface area contributed by atoms with Crippen LogP contribution in [-0.2, 0) is 4.74 Å². The molecule has 1 aliphatic rings. The van der Waals surface area contributed by atoms with Crippen LogP contribution in [0, 0.1) is 0 Å². The van der Waals surface area contributed by atoms with Crippen molar-refractivity contribution in [3.8, 4) is 0 Å². The Morgan fingerprint density at radius 3 is 2.92 bits per heavy atom. The van der Waals surface area contributed by atoms with E-state index in [1.807, 2.05) is 0 Å². The van der Waals surface area contributed by atoms with Crippen molar-refractivity contribution in [1.82, 2.24) is 15.2 Å². The van der Waals surface area contributed by atoms with Crippen LogP contribution in [0.15, 0.2) is 10.9 Å². The number of likely N-dealkylation sites (tertiary alicyclic amines) is 1. The third-order valence-electron chi connectivity index (χ3n) is 4.86. The molecule has 0 saturated carbocycles. The van der Waals surface area contributed by atoms with Crippen LogP contribution in [0.1, 0.15) is 49.4 Å². The van der Waals surface area contributed by atoms with Gasteiger partial charge in [0.25, 0.3) is 11.5 Å². The highest BCUT2D eigenvalue weighted by molar-refractivity contribution is 6.33. The second-order valence-corrected chi connectivity index (χ2v) is 7.19. The molecule has 26 heavy (non-hydrogen) atoms. The van der Waals surface area contributed by atoms with Crippen molar-refractivity contribution in [3.63, 3.8) is 0 Å². The van der Waals surface area contributed by atoms with E-state index >= 15 is 0 Å². The van der Waals surface area contributed by atoms with Gasteiger partial charge in [-0.2, -0.15) is 0 Å². The van der Waals surface area contributed by atoms with Crippen LogP contribution in [0.2, 0.25) is 5.02 Å². The number of pyridine rings is 1. The average molecular weight is 385 g/mol. The zero-order chi connectivity index (χ0) is 19.1. The molecular formula is C18H29ClN4O3. The molecule has 1 saturated heterocycles. The van der Waals surface area contributed by atoms with Crippen LogP contribution in [0.4, 0.5) is 5.82 Å². The zero-order valence-electron chi connectivity index (χ0n) is 15.5. The van der Waals surface area contributed by atoms with Crippen LogP contribution in [0.25, 0.3) is 0 Å². The van der Waals surface area contributed by atoms with Gasteiger partial charge in [-0.3, -0.25) is 9.59 Å². The van der Waals surface area contributed by atoms with Crippen molar-refractivity contribution in [2.45, 2.75) is 51.2 Å². The molecule has 0 aromatic carbocycles. The lowest BCUT2D eigenvalue weighted by Crippen LogP contribution is -2.55. The lowest BCUT2D eigenvalue weighted by molar-refractivity contribution is 0.00598. The number of aromatic nitrogens is 1. The predicted molar refractivity (Wildman–Crippen MR) is 104 cm³/mol. The Morgan fingerprint density at radius 1 is 1.46 bits per heavy atom. The van der Waals surface area contributed by atoms with Gasteiger partial charge in [-0.25, -0.2) is 0 Å². The highest BCUT2D eigenvalue weighted by Gasteiger charge is 2.31. The normalized spacial score (nSPS) is 20.9. The summed E-state index contributed by atoms with van der Waals surface area (Å²) in [6.45, 7) is 4.92. The molecule has 8 heteroatoms. The number of piperidine rings is 1. The topological polar surface area (TPSA) is 100 Å². The van der Waals surface area contributed by atoms with E-state index in [-0.39, 0.29) is 28.5 Å². The Balaban J connectivity index is 1.94. The highest BCUT2D eigenvalue weighted by atomic mass is 35.5. The van der Waals surface area contributed by atoms with Gasteiger partial charge in [-0.15, -0.1) is 0 Å². The maximum atomic E-state index is 12.5. The van der Waals surface area contributed by atoms with E-state index in [9.17, 15) is 9.59 Å². The summed E-state index contributed by atoms with van der Waals surface area (Å²) in [6, 6.07) is 1.16. The Kier molecular flexibility index (Phi) is 7.93. The molecule has 2 heterocycles. The van der Waals surface area contributed by atoms with Crippen LogP contribution in [0.3, 0.4) is 0 Å². The summed E-state index contributed by atoms with van der Waals surface area (Å²) in [4.78, 5) is 29.2. The van der Waals surface area contributed by atoms with Crippen molar-refractivity contribution in [2.75, 3.05) is 32.5 Å². The number of nitrogens with two attached hydrogens (primary N) is 1. The van der Waals surface area contributed by atoms with Crippen LogP contribution in [-0.4, -0.2) is 54.7 Å². The van der Waals surface area contributed by atoms with Gasteiger partial charge in [0.1, 0.15) is 11.4 Å². The van der Waals surface area contributed by atoms with E-state index in [1.165, 1.54) is 31.7 Å². The quantitative estimate of drug-likeness (QED) is 0.595. The average Bonchev–Trinajstić information content (AvgIpc) is 2.62. The van der Waals surface area contributed by atoms with E-state index in [2.05, 4.69) is 22.1 Å². The minimum absolute atomic E-state index is 0.0407. The fourth-order valence-electron chi connectivity index (χ4n) is 3.28. The van der Waals surface area contributed by atoms with Gasteiger partial charge in [0.05, 0.1) is 17.2 Å². The van der Waals surface area contributed by atoms with Crippen molar-refractivity contribution >= 4 is 23.3 Å². The lowest BCUT2D eigenvalue weighted by atomic mass is 10.0. The van der Waals surface area contributed by atoms with E-state index in [4.69, 9.17) is 22.1 Å². The predicted octanol–water partition coefficient (Wildman–Crippen LogP) is 2.01. The maximum absolute atomic E-state index is 12.5. The largest absolute Gasteiger partial charge is 0.384 e.